The van der Waals surface area contributed by atoms with Gasteiger partial charge in [-0.1, -0.05) is 13.8 Å². The van der Waals surface area contributed by atoms with Crippen molar-refractivity contribution in [1.29, 1.82) is 0 Å². The molecule has 0 bridgehead atoms. The maximum Gasteiger partial charge on any atom is 0.0226 e. The molecule has 10 heavy (non-hydrogen) atoms. The minimum absolute atomic E-state index is 0.718. The van der Waals surface area contributed by atoms with Gasteiger partial charge in [0.15, 0.2) is 0 Å². The highest BCUT2D eigenvalue weighted by molar-refractivity contribution is 6.18. The molecule has 0 aliphatic carbocycles. The lowest BCUT2D eigenvalue weighted by molar-refractivity contribution is 0.365. The van der Waals surface area contributed by atoms with Crippen LogP contribution in [-0.4, -0.2) is 11.8 Å². The molecule has 0 rings (SSSR count). The summed E-state index contributed by atoms with van der Waals surface area (Å²) < 4.78 is 0. The van der Waals surface area contributed by atoms with Crippen molar-refractivity contribution in [3.63, 3.8) is 0 Å². The number of rotatable bonds is 5. The summed E-state index contributed by atoms with van der Waals surface area (Å²) in [5.41, 5.74) is 0. The normalized spacial score (nSPS) is 11.4. The van der Waals surface area contributed by atoms with Crippen LogP contribution in [0.1, 0.15) is 26.7 Å². The van der Waals surface area contributed by atoms with Crippen molar-refractivity contribution in [3.05, 3.63) is 0 Å². The third-order valence-corrected chi connectivity index (χ3v) is 2.34. The monoisotopic (exact) mass is 182 g/mol. The lowest BCUT2D eigenvalue weighted by Crippen LogP contribution is -2.09. The van der Waals surface area contributed by atoms with Crippen molar-refractivity contribution in [2.24, 2.45) is 11.8 Å². The van der Waals surface area contributed by atoms with Crippen LogP contribution in [0.4, 0.5) is 0 Å². The summed E-state index contributed by atoms with van der Waals surface area (Å²) in [5, 5.41) is 0. The highest BCUT2D eigenvalue weighted by Gasteiger charge is 2.10. The standard InChI is InChI=1S/C8H16Cl2/c1-7(2)8(3-5-9)4-6-10/h7-8H,3-6H2,1-2H3. The van der Waals surface area contributed by atoms with E-state index in [2.05, 4.69) is 13.8 Å². The Balaban J connectivity index is 3.50. The van der Waals surface area contributed by atoms with Gasteiger partial charge in [-0.05, 0) is 24.7 Å². The smallest absolute Gasteiger partial charge is 0.0226 e. The molecular weight excluding hydrogens is 167 g/mol. The first kappa shape index (κ1) is 10.6. The van der Waals surface area contributed by atoms with Gasteiger partial charge in [0.1, 0.15) is 0 Å². The summed E-state index contributed by atoms with van der Waals surface area (Å²) in [6.07, 6.45) is 2.21. The van der Waals surface area contributed by atoms with Crippen molar-refractivity contribution in [3.8, 4) is 0 Å². The Morgan fingerprint density at radius 1 is 1.00 bits per heavy atom. The number of alkyl halides is 2. The van der Waals surface area contributed by atoms with Crippen molar-refractivity contribution in [2.75, 3.05) is 11.8 Å². The van der Waals surface area contributed by atoms with E-state index in [9.17, 15) is 0 Å². The quantitative estimate of drug-likeness (QED) is 0.572. The molecular formula is C8H16Cl2. The molecule has 0 aromatic heterocycles. The molecule has 0 radical (unpaired) electrons. The molecule has 2 heteroatoms. The fourth-order valence-electron chi connectivity index (χ4n) is 1.09. The minimum atomic E-state index is 0.718. The van der Waals surface area contributed by atoms with Crippen LogP contribution >= 0.6 is 23.2 Å². The second-order valence-corrected chi connectivity index (χ2v) is 3.72. The van der Waals surface area contributed by atoms with Crippen LogP contribution in [-0.2, 0) is 0 Å². The zero-order valence-corrected chi connectivity index (χ0v) is 8.25. The molecule has 0 aromatic carbocycles. The summed E-state index contributed by atoms with van der Waals surface area (Å²) in [5.74, 6) is 2.96. The van der Waals surface area contributed by atoms with Gasteiger partial charge < -0.3 is 0 Å². The average molecular weight is 183 g/mol. The summed E-state index contributed by atoms with van der Waals surface area (Å²) in [7, 11) is 0. The second-order valence-electron chi connectivity index (χ2n) is 2.96. The lowest BCUT2D eigenvalue weighted by atomic mass is 9.91. The first-order valence-corrected chi connectivity index (χ1v) is 4.91. The highest BCUT2D eigenvalue weighted by atomic mass is 35.5. The molecule has 0 N–H and O–H groups in total. The molecule has 0 spiro atoms. The highest BCUT2D eigenvalue weighted by Crippen LogP contribution is 2.19. The Bertz CT molecular complexity index is 65.7. The van der Waals surface area contributed by atoms with E-state index < -0.39 is 0 Å². The van der Waals surface area contributed by atoms with E-state index in [1.54, 1.807) is 0 Å². The van der Waals surface area contributed by atoms with Gasteiger partial charge in [-0.2, -0.15) is 0 Å². The topological polar surface area (TPSA) is 0 Å². The fraction of sp³-hybridized carbons (Fsp3) is 1.00. The second kappa shape index (κ2) is 6.30. The van der Waals surface area contributed by atoms with Gasteiger partial charge in [-0.3, -0.25) is 0 Å². The Hall–Kier alpha value is 0.580. The molecule has 0 aliphatic heterocycles. The molecule has 0 aromatic rings. The predicted molar refractivity (Wildman–Crippen MR) is 49.0 cm³/mol. The van der Waals surface area contributed by atoms with E-state index in [4.69, 9.17) is 23.2 Å². The molecule has 0 aliphatic rings. The van der Waals surface area contributed by atoms with E-state index in [1.165, 1.54) is 0 Å². The van der Waals surface area contributed by atoms with Crippen LogP contribution in [0.25, 0.3) is 0 Å². The molecule has 0 saturated carbocycles. The van der Waals surface area contributed by atoms with Crippen molar-refractivity contribution < 1.29 is 0 Å². The molecule has 0 heterocycles. The average Bonchev–Trinajstić information content (AvgIpc) is 1.87. The molecule has 0 saturated heterocycles. The van der Waals surface area contributed by atoms with Crippen molar-refractivity contribution >= 4 is 23.2 Å². The Kier molecular flexibility index (Phi) is 6.67. The van der Waals surface area contributed by atoms with Gasteiger partial charge in [0.25, 0.3) is 0 Å². The number of hydrogen-bond donors (Lipinski definition) is 0. The first-order valence-electron chi connectivity index (χ1n) is 3.84. The maximum atomic E-state index is 5.63. The summed E-state index contributed by atoms with van der Waals surface area (Å²) >= 11 is 11.3. The van der Waals surface area contributed by atoms with Crippen molar-refractivity contribution in [1.82, 2.24) is 0 Å². The third-order valence-electron chi connectivity index (χ3n) is 1.90. The molecule has 0 fully saturated rings. The van der Waals surface area contributed by atoms with Gasteiger partial charge in [0, 0.05) is 11.8 Å². The molecule has 62 valence electrons. The van der Waals surface area contributed by atoms with E-state index in [0.717, 1.165) is 36.4 Å². The van der Waals surface area contributed by atoms with Crippen LogP contribution in [0.2, 0.25) is 0 Å². The molecule has 0 atom stereocenters. The minimum Gasteiger partial charge on any atom is -0.127 e. The Morgan fingerprint density at radius 2 is 1.40 bits per heavy atom. The van der Waals surface area contributed by atoms with Gasteiger partial charge in [-0.25, -0.2) is 0 Å². The zero-order chi connectivity index (χ0) is 7.98. The van der Waals surface area contributed by atoms with Gasteiger partial charge in [0.2, 0.25) is 0 Å². The SMILES string of the molecule is CC(C)C(CCCl)CCCl. The molecule has 0 unspecified atom stereocenters. The number of halogens is 2. The Labute approximate surface area is 73.9 Å². The van der Waals surface area contributed by atoms with Gasteiger partial charge in [-0.15, -0.1) is 23.2 Å². The van der Waals surface area contributed by atoms with Gasteiger partial charge in [0.05, 0.1) is 0 Å². The zero-order valence-electron chi connectivity index (χ0n) is 6.74. The van der Waals surface area contributed by atoms with Crippen LogP contribution in [0.5, 0.6) is 0 Å². The van der Waals surface area contributed by atoms with Crippen molar-refractivity contribution in [2.45, 2.75) is 26.7 Å². The fourth-order valence-corrected chi connectivity index (χ4v) is 1.65. The Morgan fingerprint density at radius 3 is 1.60 bits per heavy atom. The van der Waals surface area contributed by atoms with Crippen LogP contribution < -0.4 is 0 Å². The van der Waals surface area contributed by atoms with E-state index in [0.29, 0.717) is 0 Å². The summed E-state index contributed by atoms with van der Waals surface area (Å²) in [4.78, 5) is 0. The first-order chi connectivity index (χ1) is 4.72. The molecule has 0 amide bonds. The molecule has 0 nitrogen and oxygen atoms in total. The van der Waals surface area contributed by atoms with E-state index in [1.807, 2.05) is 0 Å². The maximum absolute atomic E-state index is 5.63. The summed E-state index contributed by atoms with van der Waals surface area (Å²) in [6.45, 7) is 4.45. The largest absolute Gasteiger partial charge is 0.127 e. The lowest BCUT2D eigenvalue weighted by Gasteiger charge is -2.17. The van der Waals surface area contributed by atoms with Gasteiger partial charge >= 0.3 is 0 Å². The van der Waals surface area contributed by atoms with Crippen LogP contribution in [0, 0.1) is 11.8 Å². The van der Waals surface area contributed by atoms with Crippen LogP contribution in [0.15, 0.2) is 0 Å². The van der Waals surface area contributed by atoms with E-state index in [-0.39, 0.29) is 0 Å². The third kappa shape index (κ3) is 4.40. The van der Waals surface area contributed by atoms with E-state index >= 15 is 0 Å². The predicted octanol–water partition coefficient (Wildman–Crippen LogP) is 3.52. The summed E-state index contributed by atoms with van der Waals surface area (Å²) in [6, 6.07) is 0. The van der Waals surface area contributed by atoms with Crippen LogP contribution in [0.3, 0.4) is 0 Å². The number of hydrogen-bond acceptors (Lipinski definition) is 0.